The van der Waals surface area contributed by atoms with Crippen molar-refractivity contribution in [1.29, 1.82) is 0 Å². The van der Waals surface area contributed by atoms with Crippen molar-refractivity contribution in [1.82, 2.24) is 5.32 Å². The lowest BCUT2D eigenvalue weighted by atomic mass is 10.00. The van der Waals surface area contributed by atoms with Gasteiger partial charge >= 0.3 is 0 Å². The Morgan fingerprint density at radius 2 is 2.12 bits per heavy atom. The van der Waals surface area contributed by atoms with Crippen molar-refractivity contribution in [3.8, 4) is 0 Å². The summed E-state index contributed by atoms with van der Waals surface area (Å²) >= 11 is 0. The first-order chi connectivity index (χ1) is 8.28. The van der Waals surface area contributed by atoms with Crippen LogP contribution in [-0.2, 0) is 15.3 Å². The fraction of sp³-hybridized carbons (Fsp3) is 0.538. The highest BCUT2D eigenvalue weighted by Gasteiger charge is 2.43. The minimum Gasteiger partial charge on any atom is -0.343 e. The second-order valence-electron chi connectivity index (χ2n) is 4.62. The zero-order valence-electron chi connectivity index (χ0n) is 9.62. The molecule has 2 fully saturated rings. The Morgan fingerprint density at radius 3 is 2.94 bits per heavy atom. The Labute approximate surface area is 99.9 Å². The first-order valence-corrected chi connectivity index (χ1v) is 6.07. The van der Waals surface area contributed by atoms with E-state index in [-0.39, 0.29) is 11.9 Å². The summed E-state index contributed by atoms with van der Waals surface area (Å²) in [5, 5.41) is 3.33. The molecule has 0 saturated carbocycles. The van der Waals surface area contributed by atoms with E-state index in [1.807, 2.05) is 0 Å². The molecule has 0 aliphatic carbocycles. The van der Waals surface area contributed by atoms with E-state index in [9.17, 15) is 4.39 Å². The van der Waals surface area contributed by atoms with Crippen molar-refractivity contribution in [3.63, 3.8) is 0 Å². The number of ether oxygens (including phenoxy) is 2. The van der Waals surface area contributed by atoms with Crippen LogP contribution in [0, 0.1) is 5.82 Å². The van der Waals surface area contributed by atoms with Crippen molar-refractivity contribution >= 4 is 0 Å². The summed E-state index contributed by atoms with van der Waals surface area (Å²) in [5.74, 6) is -0.882. The van der Waals surface area contributed by atoms with Crippen LogP contribution in [-0.4, -0.2) is 25.8 Å². The molecule has 3 rings (SSSR count). The summed E-state index contributed by atoms with van der Waals surface area (Å²) in [7, 11) is 0. The van der Waals surface area contributed by atoms with Gasteiger partial charge in [0.1, 0.15) is 5.82 Å². The van der Waals surface area contributed by atoms with Gasteiger partial charge in [-0.05, 0) is 25.1 Å². The molecule has 1 N–H and O–H groups in total. The molecule has 2 saturated heterocycles. The van der Waals surface area contributed by atoms with Gasteiger partial charge in [0.25, 0.3) is 0 Å². The molecule has 2 aliphatic rings. The number of hydrogen-bond donors (Lipinski definition) is 1. The van der Waals surface area contributed by atoms with Crippen molar-refractivity contribution < 1.29 is 13.9 Å². The van der Waals surface area contributed by atoms with E-state index in [4.69, 9.17) is 9.47 Å². The maximum atomic E-state index is 12.9. The van der Waals surface area contributed by atoms with Crippen molar-refractivity contribution in [2.75, 3.05) is 19.7 Å². The van der Waals surface area contributed by atoms with Gasteiger partial charge < -0.3 is 14.8 Å². The summed E-state index contributed by atoms with van der Waals surface area (Å²) in [6.45, 7) is 2.40. The predicted molar refractivity (Wildman–Crippen MR) is 61.0 cm³/mol. The van der Waals surface area contributed by atoms with Crippen LogP contribution in [0.2, 0.25) is 0 Å². The van der Waals surface area contributed by atoms with Gasteiger partial charge in [-0.2, -0.15) is 0 Å². The van der Waals surface area contributed by atoms with Crippen LogP contribution >= 0.6 is 0 Å². The van der Waals surface area contributed by atoms with Crippen LogP contribution in [0.5, 0.6) is 0 Å². The van der Waals surface area contributed by atoms with Crippen molar-refractivity contribution in [2.45, 2.75) is 24.7 Å². The van der Waals surface area contributed by atoms with E-state index in [1.165, 1.54) is 12.1 Å². The zero-order chi connectivity index (χ0) is 11.7. The third kappa shape index (κ3) is 2.08. The van der Waals surface area contributed by atoms with Crippen LogP contribution < -0.4 is 5.32 Å². The van der Waals surface area contributed by atoms with Gasteiger partial charge in [-0.3, -0.25) is 0 Å². The van der Waals surface area contributed by atoms with Crippen LogP contribution in [0.1, 0.15) is 18.4 Å². The summed E-state index contributed by atoms with van der Waals surface area (Å²) < 4.78 is 24.8. The Balaban J connectivity index is 1.90. The maximum absolute atomic E-state index is 12.9. The summed E-state index contributed by atoms with van der Waals surface area (Å²) in [6.07, 6.45) is 1.90. The lowest BCUT2D eigenvalue weighted by Gasteiger charge is -2.30. The molecule has 0 spiro atoms. The zero-order valence-corrected chi connectivity index (χ0v) is 9.62. The van der Waals surface area contributed by atoms with E-state index in [0.29, 0.717) is 6.61 Å². The van der Waals surface area contributed by atoms with Crippen LogP contribution in [0.25, 0.3) is 0 Å². The second kappa shape index (κ2) is 4.37. The molecular weight excluding hydrogens is 221 g/mol. The Hall–Kier alpha value is -0.970. The quantitative estimate of drug-likeness (QED) is 0.807. The molecule has 3 nitrogen and oxygen atoms in total. The highest BCUT2D eigenvalue weighted by molar-refractivity contribution is 5.22. The molecule has 0 amide bonds. The number of rotatable bonds is 1. The van der Waals surface area contributed by atoms with Gasteiger partial charge in [0.2, 0.25) is 0 Å². The molecule has 1 aromatic carbocycles. The Morgan fingerprint density at radius 1 is 1.29 bits per heavy atom. The molecular formula is C13H16FNO2. The average molecular weight is 237 g/mol. The van der Waals surface area contributed by atoms with Gasteiger partial charge in [0.05, 0.1) is 12.7 Å². The largest absolute Gasteiger partial charge is 0.343 e. The minimum atomic E-state index is -0.652. The molecule has 0 unspecified atom stereocenters. The first-order valence-electron chi connectivity index (χ1n) is 6.07. The molecule has 92 valence electrons. The predicted octanol–water partition coefficient (Wildman–Crippen LogP) is 1.78. The molecule has 2 heterocycles. The molecule has 2 aliphatic heterocycles. The third-order valence-corrected chi connectivity index (χ3v) is 3.37. The van der Waals surface area contributed by atoms with Crippen LogP contribution in [0.15, 0.2) is 24.3 Å². The fourth-order valence-corrected chi connectivity index (χ4v) is 2.51. The van der Waals surface area contributed by atoms with Gasteiger partial charge in [0.15, 0.2) is 5.79 Å². The normalized spacial score (nSPS) is 33.1. The van der Waals surface area contributed by atoms with Gasteiger partial charge in [0, 0.05) is 18.5 Å². The first kappa shape index (κ1) is 11.1. The van der Waals surface area contributed by atoms with Crippen molar-refractivity contribution in [2.24, 2.45) is 0 Å². The summed E-state index contributed by atoms with van der Waals surface area (Å²) in [5.41, 5.74) is 0.920. The molecule has 17 heavy (non-hydrogen) atoms. The summed E-state index contributed by atoms with van der Waals surface area (Å²) in [6, 6.07) is 6.43. The molecule has 1 aromatic rings. The van der Waals surface area contributed by atoms with Gasteiger partial charge in [-0.15, -0.1) is 0 Å². The van der Waals surface area contributed by atoms with E-state index in [2.05, 4.69) is 5.32 Å². The third-order valence-electron chi connectivity index (χ3n) is 3.37. The summed E-state index contributed by atoms with van der Waals surface area (Å²) in [4.78, 5) is 0. The van der Waals surface area contributed by atoms with Gasteiger partial charge in [-0.25, -0.2) is 4.39 Å². The van der Waals surface area contributed by atoms with E-state index in [0.717, 1.165) is 31.5 Å². The monoisotopic (exact) mass is 237 g/mol. The lowest BCUT2D eigenvalue weighted by molar-refractivity contribution is -0.184. The minimum absolute atomic E-state index is 0.0975. The number of halogens is 1. The van der Waals surface area contributed by atoms with E-state index < -0.39 is 5.79 Å². The van der Waals surface area contributed by atoms with Crippen molar-refractivity contribution in [3.05, 3.63) is 35.6 Å². The van der Waals surface area contributed by atoms with E-state index in [1.54, 1.807) is 12.1 Å². The molecule has 2 bridgehead atoms. The molecule has 2 atom stereocenters. The average Bonchev–Trinajstić information content (AvgIpc) is 2.74. The maximum Gasteiger partial charge on any atom is 0.195 e. The van der Waals surface area contributed by atoms with Crippen LogP contribution in [0.4, 0.5) is 4.39 Å². The smallest absolute Gasteiger partial charge is 0.195 e. The number of fused-ring (bicyclic) bond motifs is 2. The number of hydrogen-bond acceptors (Lipinski definition) is 3. The SMILES string of the molecule is Fc1ccc([C@@]23CCCNC[C@@H](CO2)O3)cc1. The molecule has 4 heteroatoms. The Bertz CT molecular complexity index is 395. The number of nitrogens with one attached hydrogen (secondary N) is 1. The highest BCUT2D eigenvalue weighted by Crippen LogP contribution is 2.38. The lowest BCUT2D eigenvalue weighted by Crippen LogP contribution is -2.36. The Kier molecular flexibility index (Phi) is 2.86. The molecule has 0 radical (unpaired) electrons. The highest BCUT2D eigenvalue weighted by atomic mass is 19.1. The molecule has 0 aromatic heterocycles. The van der Waals surface area contributed by atoms with Gasteiger partial charge in [-0.1, -0.05) is 12.1 Å². The topological polar surface area (TPSA) is 30.5 Å². The second-order valence-corrected chi connectivity index (χ2v) is 4.62. The fourth-order valence-electron chi connectivity index (χ4n) is 2.51. The van der Waals surface area contributed by atoms with Crippen LogP contribution in [0.3, 0.4) is 0 Å². The number of benzene rings is 1. The standard InChI is InChI=1S/C13H16FNO2/c14-11-4-2-10(3-5-11)13-6-1-7-15-8-12(17-13)9-16-13/h2-5,12,15H,1,6-9H2/t12-,13-/m0/s1. The van der Waals surface area contributed by atoms with E-state index >= 15 is 0 Å².